The summed E-state index contributed by atoms with van der Waals surface area (Å²) in [6, 6.07) is 69.9. The van der Waals surface area contributed by atoms with Crippen molar-refractivity contribution in [1.82, 2.24) is 0 Å². The van der Waals surface area contributed by atoms with Crippen LogP contribution in [0.4, 0.5) is 34.1 Å². The molecule has 8 aromatic carbocycles. The standard InChI is InChI=1S/C56H44N2/c1-55(2)51-35-39(27-31-47(51)49-33-29-45(37-53(49)55)57(41-17-9-5-10-18-41)42-19-11-6-12-20-42)25-26-40-28-32-48-50-34-30-46(38-54(50)56(3,4)52(48)36-40)58(43-21-13-7-14-22-43)44-23-15-8-16-24-44/h5-24,27-38H,1-4H3. The summed E-state index contributed by atoms with van der Waals surface area (Å²) in [5.41, 5.74) is 19.0. The van der Waals surface area contributed by atoms with E-state index in [4.69, 9.17) is 0 Å². The Bertz CT molecular complexity index is 2600. The van der Waals surface area contributed by atoms with Gasteiger partial charge in [-0.2, -0.15) is 0 Å². The first-order valence-electron chi connectivity index (χ1n) is 20.2. The van der Waals surface area contributed by atoms with Crippen molar-refractivity contribution in [2.24, 2.45) is 0 Å². The third-order valence-corrected chi connectivity index (χ3v) is 12.2. The Morgan fingerprint density at radius 1 is 0.293 bits per heavy atom. The van der Waals surface area contributed by atoms with Gasteiger partial charge in [0, 0.05) is 56.1 Å². The summed E-state index contributed by atoms with van der Waals surface area (Å²) in [5, 5.41) is 0. The highest BCUT2D eigenvalue weighted by Crippen LogP contribution is 2.52. The Morgan fingerprint density at radius 2 is 0.569 bits per heavy atom. The number of hydrogen-bond acceptors (Lipinski definition) is 2. The molecule has 2 aliphatic carbocycles. The van der Waals surface area contributed by atoms with Gasteiger partial charge in [-0.05, 0) is 142 Å². The van der Waals surface area contributed by atoms with Gasteiger partial charge in [0.1, 0.15) is 0 Å². The molecule has 0 aliphatic heterocycles. The zero-order valence-corrected chi connectivity index (χ0v) is 33.4. The quantitative estimate of drug-likeness (QED) is 0.156. The molecule has 0 N–H and O–H groups in total. The Labute approximate surface area is 342 Å². The third kappa shape index (κ3) is 5.91. The molecule has 0 heterocycles. The van der Waals surface area contributed by atoms with Gasteiger partial charge >= 0.3 is 0 Å². The van der Waals surface area contributed by atoms with E-state index in [1.54, 1.807) is 0 Å². The van der Waals surface area contributed by atoms with E-state index in [2.05, 4.69) is 243 Å². The monoisotopic (exact) mass is 744 g/mol. The first kappa shape index (κ1) is 35.3. The molecule has 0 aromatic heterocycles. The lowest BCUT2D eigenvalue weighted by Gasteiger charge is -2.28. The van der Waals surface area contributed by atoms with Gasteiger partial charge in [-0.1, -0.05) is 137 Å². The van der Waals surface area contributed by atoms with Crippen molar-refractivity contribution in [2.45, 2.75) is 38.5 Å². The molecule has 8 aromatic rings. The summed E-state index contributed by atoms with van der Waals surface area (Å²) in [7, 11) is 0. The summed E-state index contributed by atoms with van der Waals surface area (Å²) in [6.45, 7) is 9.38. The molecule has 0 amide bonds. The zero-order chi connectivity index (χ0) is 39.4. The molecule has 58 heavy (non-hydrogen) atoms. The molecule has 2 heteroatoms. The minimum atomic E-state index is -0.184. The van der Waals surface area contributed by atoms with Crippen molar-refractivity contribution in [1.29, 1.82) is 0 Å². The van der Waals surface area contributed by atoms with E-state index >= 15 is 0 Å². The molecule has 0 unspecified atom stereocenters. The second-order valence-electron chi connectivity index (χ2n) is 16.5. The van der Waals surface area contributed by atoms with Crippen LogP contribution in [0.2, 0.25) is 0 Å². The molecule has 2 aliphatic rings. The Hall–Kier alpha value is -7.08. The van der Waals surface area contributed by atoms with Gasteiger partial charge in [-0.15, -0.1) is 0 Å². The third-order valence-electron chi connectivity index (χ3n) is 12.2. The lowest BCUT2D eigenvalue weighted by Crippen LogP contribution is -2.16. The highest BCUT2D eigenvalue weighted by Gasteiger charge is 2.37. The van der Waals surface area contributed by atoms with Crippen molar-refractivity contribution < 1.29 is 0 Å². The van der Waals surface area contributed by atoms with Gasteiger partial charge in [-0.25, -0.2) is 0 Å². The minimum absolute atomic E-state index is 0.184. The van der Waals surface area contributed by atoms with Crippen LogP contribution in [0.1, 0.15) is 61.1 Å². The maximum Gasteiger partial charge on any atom is 0.0465 e. The summed E-state index contributed by atoms with van der Waals surface area (Å²) in [6.07, 6.45) is 0. The number of benzene rings is 8. The van der Waals surface area contributed by atoms with Crippen LogP contribution in [0, 0.1) is 11.8 Å². The molecule has 10 rings (SSSR count). The molecule has 0 fully saturated rings. The van der Waals surface area contributed by atoms with Crippen molar-refractivity contribution >= 4 is 34.1 Å². The number of rotatable bonds is 6. The van der Waals surface area contributed by atoms with E-state index in [9.17, 15) is 0 Å². The summed E-state index contributed by atoms with van der Waals surface area (Å²) >= 11 is 0. The van der Waals surface area contributed by atoms with E-state index in [1.165, 1.54) is 44.5 Å². The number of fused-ring (bicyclic) bond motifs is 6. The van der Waals surface area contributed by atoms with Crippen molar-refractivity contribution in [3.63, 3.8) is 0 Å². The average molecular weight is 745 g/mol. The van der Waals surface area contributed by atoms with Crippen molar-refractivity contribution in [3.8, 4) is 34.1 Å². The van der Waals surface area contributed by atoms with E-state index in [0.717, 1.165) is 45.3 Å². The van der Waals surface area contributed by atoms with Crippen LogP contribution in [0.5, 0.6) is 0 Å². The molecule has 0 saturated carbocycles. The van der Waals surface area contributed by atoms with Crippen LogP contribution in [0.25, 0.3) is 22.3 Å². The van der Waals surface area contributed by atoms with Crippen molar-refractivity contribution in [3.05, 3.63) is 228 Å². The lowest BCUT2D eigenvalue weighted by atomic mass is 9.81. The van der Waals surface area contributed by atoms with Crippen LogP contribution in [-0.2, 0) is 10.8 Å². The predicted octanol–water partition coefficient (Wildman–Crippen LogP) is 14.6. The second kappa shape index (κ2) is 13.8. The van der Waals surface area contributed by atoms with Gasteiger partial charge in [0.15, 0.2) is 0 Å². The van der Waals surface area contributed by atoms with Crippen LogP contribution >= 0.6 is 0 Å². The maximum atomic E-state index is 3.56. The minimum Gasteiger partial charge on any atom is -0.310 e. The Balaban J connectivity index is 0.953. The average Bonchev–Trinajstić information content (AvgIpc) is 3.63. The Morgan fingerprint density at radius 3 is 0.879 bits per heavy atom. The molecule has 278 valence electrons. The smallest absolute Gasteiger partial charge is 0.0465 e. The van der Waals surface area contributed by atoms with E-state index in [-0.39, 0.29) is 10.8 Å². The molecule has 2 nitrogen and oxygen atoms in total. The highest BCUT2D eigenvalue weighted by atomic mass is 15.1. The highest BCUT2D eigenvalue weighted by molar-refractivity contribution is 5.88. The topological polar surface area (TPSA) is 6.48 Å². The van der Waals surface area contributed by atoms with E-state index in [1.807, 2.05) is 0 Å². The van der Waals surface area contributed by atoms with Gasteiger partial charge in [0.2, 0.25) is 0 Å². The Kier molecular flexibility index (Phi) is 8.43. The maximum absolute atomic E-state index is 3.56. The van der Waals surface area contributed by atoms with Gasteiger partial charge in [0.05, 0.1) is 0 Å². The van der Waals surface area contributed by atoms with Crippen LogP contribution in [0.3, 0.4) is 0 Å². The lowest BCUT2D eigenvalue weighted by molar-refractivity contribution is 0.660. The summed E-state index contributed by atoms with van der Waals surface area (Å²) in [5.74, 6) is 7.13. The van der Waals surface area contributed by atoms with Gasteiger partial charge in [-0.3, -0.25) is 0 Å². The van der Waals surface area contributed by atoms with E-state index in [0.29, 0.717) is 0 Å². The summed E-state index contributed by atoms with van der Waals surface area (Å²) in [4.78, 5) is 4.69. The van der Waals surface area contributed by atoms with Crippen molar-refractivity contribution in [2.75, 3.05) is 9.80 Å². The fraction of sp³-hybridized carbons (Fsp3) is 0.107. The second-order valence-corrected chi connectivity index (χ2v) is 16.5. The number of para-hydroxylation sites is 4. The molecule has 0 atom stereocenters. The van der Waals surface area contributed by atoms with Gasteiger partial charge in [0.25, 0.3) is 0 Å². The van der Waals surface area contributed by atoms with E-state index < -0.39 is 0 Å². The predicted molar refractivity (Wildman–Crippen MR) is 243 cm³/mol. The molecule has 0 spiro atoms. The summed E-state index contributed by atoms with van der Waals surface area (Å²) < 4.78 is 0. The number of nitrogens with zero attached hydrogens (tertiary/aromatic N) is 2. The fourth-order valence-electron chi connectivity index (χ4n) is 9.23. The SMILES string of the molecule is CC1(C)c2cc(C#Cc3ccc4c(c3)C(C)(C)c3cc(N(c5ccccc5)c5ccccc5)ccc3-4)ccc2-c2ccc(N(c3ccccc3)c3ccccc3)cc21. The van der Waals surface area contributed by atoms with Crippen LogP contribution in [0.15, 0.2) is 194 Å². The molecule has 0 saturated heterocycles. The first-order valence-corrected chi connectivity index (χ1v) is 20.2. The molecular weight excluding hydrogens is 701 g/mol. The number of anilines is 6. The van der Waals surface area contributed by atoms with Crippen LogP contribution in [-0.4, -0.2) is 0 Å². The molecule has 0 bridgehead atoms. The van der Waals surface area contributed by atoms with Gasteiger partial charge < -0.3 is 9.80 Å². The fourth-order valence-corrected chi connectivity index (χ4v) is 9.23. The number of hydrogen-bond donors (Lipinski definition) is 0. The normalized spacial score (nSPS) is 13.7. The molecular formula is C56H44N2. The molecule has 0 radical (unpaired) electrons. The van der Waals surface area contributed by atoms with Crippen LogP contribution < -0.4 is 9.80 Å². The largest absolute Gasteiger partial charge is 0.310 e. The zero-order valence-electron chi connectivity index (χ0n) is 33.4. The first-order chi connectivity index (χ1) is 28.3.